The summed E-state index contributed by atoms with van der Waals surface area (Å²) in [5.74, 6) is 0. The molecular formula is C13H11S. The van der Waals surface area contributed by atoms with Gasteiger partial charge < -0.3 is 0 Å². The van der Waals surface area contributed by atoms with E-state index in [1.54, 1.807) is 11.8 Å². The average molecular weight is 199 g/mol. The molecule has 0 spiro atoms. The molecule has 0 aromatic heterocycles. The van der Waals surface area contributed by atoms with E-state index in [0.717, 1.165) is 0 Å². The summed E-state index contributed by atoms with van der Waals surface area (Å²) in [4.78, 5) is 1.22. The van der Waals surface area contributed by atoms with Gasteiger partial charge in [-0.15, -0.1) is 11.8 Å². The molecule has 2 aromatic rings. The SMILES string of the molecule is [CH2]Sc1ccccc1-c1ccccc1. The van der Waals surface area contributed by atoms with Gasteiger partial charge in [0.15, 0.2) is 0 Å². The van der Waals surface area contributed by atoms with Gasteiger partial charge in [-0.3, -0.25) is 0 Å². The summed E-state index contributed by atoms with van der Waals surface area (Å²) >= 11 is 1.54. The van der Waals surface area contributed by atoms with E-state index in [-0.39, 0.29) is 0 Å². The van der Waals surface area contributed by atoms with E-state index in [1.807, 2.05) is 12.1 Å². The number of benzene rings is 2. The predicted octanol–water partition coefficient (Wildman–Crippen LogP) is 4.24. The van der Waals surface area contributed by atoms with Crippen molar-refractivity contribution in [3.05, 3.63) is 60.9 Å². The molecule has 2 aromatic carbocycles. The van der Waals surface area contributed by atoms with Gasteiger partial charge in [0.2, 0.25) is 0 Å². The standard InChI is InChI=1S/C13H11S/c1-14-13-10-6-5-9-12(13)11-7-3-2-4-8-11/h2-10H,1H2. The van der Waals surface area contributed by atoms with Crippen LogP contribution in [0.25, 0.3) is 11.1 Å². The normalized spacial score (nSPS) is 10.1. The number of rotatable bonds is 2. The van der Waals surface area contributed by atoms with Crippen molar-refractivity contribution in [2.75, 3.05) is 0 Å². The number of hydrogen-bond acceptors (Lipinski definition) is 1. The molecule has 0 unspecified atom stereocenters. The van der Waals surface area contributed by atoms with E-state index < -0.39 is 0 Å². The lowest BCUT2D eigenvalue weighted by molar-refractivity contribution is 1.45. The maximum atomic E-state index is 3.86. The van der Waals surface area contributed by atoms with E-state index >= 15 is 0 Å². The molecule has 0 heterocycles. The van der Waals surface area contributed by atoms with Crippen LogP contribution in [0.1, 0.15) is 0 Å². The van der Waals surface area contributed by atoms with Gasteiger partial charge in [0.1, 0.15) is 0 Å². The Morgan fingerprint density at radius 3 is 2.14 bits per heavy atom. The molecule has 0 bridgehead atoms. The molecular weight excluding hydrogens is 188 g/mol. The summed E-state index contributed by atoms with van der Waals surface area (Å²) < 4.78 is 0. The second-order valence-corrected chi connectivity index (χ2v) is 3.74. The lowest BCUT2D eigenvalue weighted by atomic mass is 10.1. The molecule has 0 saturated carbocycles. The number of hydrogen-bond donors (Lipinski definition) is 0. The van der Waals surface area contributed by atoms with Crippen molar-refractivity contribution in [2.45, 2.75) is 4.90 Å². The van der Waals surface area contributed by atoms with E-state index in [9.17, 15) is 0 Å². The second kappa shape index (κ2) is 4.34. The van der Waals surface area contributed by atoms with Gasteiger partial charge in [0.05, 0.1) is 0 Å². The Kier molecular flexibility index (Phi) is 2.90. The number of thioether (sulfide) groups is 1. The molecule has 0 aliphatic rings. The van der Waals surface area contributed by atoms with Crippen LogP contribution in [0.5, 0.6) is 0 Å². The zero-order valence-corrected chi connectivity index (χ0v) is 8.63. The molecule has 0 fully saturated rings. The smallest absolute Gasteiger partial charge is 0.0151 e. The van der Waals surface area contributed by atoms with Crippen LogP contribution in [-0.2, 0) is 0 Å². The second-order valence-electron chi connectivity index (χ2n) is 3.01. The Bertz CT molecular complexity index is 407. The molecule has 14 heavy (non-hydrogen) atoms. The van der Waals surface area contributed by atoms with Crippen LogP contribution >= 0.6 is 11.8 Å². The van der Waals surface area contributed by atoms with Crippen LogP contribution in [-0.4, -0.2) is 0 Å². The van der Waals surface area contributed by atoms with Gasteiger partial charge in [0.25, 0.3) is 0 Å². The minimum atomic E-state index is 1.22. The summed E-state index contributed by atoms with van der Waals surface area (Å²) in [7, 11) is 0. The molecule has 0 aliphatic carbocycles. The minimum absolute atomic E-state index is 1.22. The topological polar surface area (TPSA) is 0 Å². The zero-order valence-electron chi connectivity index (χ0n) is 7.81. The van der Waals surface area contributed by atoms with Crippen LogP contribution < -0.4 is 0 Å². The van der Waals surface area contributed by atoms with E-state index in [1.165, 1.54) is 16.0 Å². The van der Waals surface area contributed by atoms with Crippen molar-refractivity contribution in [3.63, 3.8) is 0 Å². The van der Waals surface area contributed by atoms with Gasteiger partial charge in [-0.25, -0.2) is 0 Å². The molecule has 1 radical (unpaired) electrons. The van der Waals surface area contributed by atoms with Crippen LogP contribution in [0.4, 0.5) is 0 Å². The van der Waals surface area contributed by atoms with Crippen molar-refractivity contribution < 1.29 is 0 Å². The van der Waals surface area contributed by atoms with Gasteiger partial charge in [-0.1, -0.05) is 48.5 Å². The Balaban J connectivity index is 2.51. The first-order chi connectivity index (χ1) is 6.92. The largest absolute Gasteiger partial charge is 0.125 e. The summed E-state index contributed by atoms with van der Waals surface area (Å²) in [6.45, 7) is 0. The molecule has 0 aliphatic heterocycles. The summed E-state index contributed by atoms with van der Waals surface area (Å²) in [6.07, 6.45) is 3.86. The Morgan fingerprint density at radius 1 is 0.786 bits per heavy atom. The molecule has 0 saturated heterocycles. The molecule has 0 atom stereocenters. The Labute approximate surface area is 89.0 Å². The molecule has 0 amide bonds. The van der Waals surface area contributed by atoms with Crippen molar-refractivity contribution in [1.29, 1.82) is 0 Å². The lowest BCUT2D eigenvalue weighted by Gasteiger charge is -2.06. The quantitative estimate of drug-likeness (QED) is 0.652. The Morgan fingerprint density at radius 2 is 1.43 bits per heavy atom. The average Bonchev–Trinajstić information content (AvgIpc) is 2.30. The lowest BCUT2D eigenvalue weighted by Crippen LogP contribution is -1.79. The van der Waals surface area contributed by atoms with Gasteiger partial charge in [-0.2, -0.15) is 0 Å². The first-order valence-corrected chi connectivity index (χ1v) is 5.47. The third kappa shape index (κ3) is 1.83. The fourth-order valence-electron chi connectivity index (χ4n) is 1.45. The molecule has 0 N–H and O–H groups in total. The van der Waals surface area contributed by atoms with Crippen molar-refractivity contribution in [2.24, 2.45) is 0 Å². The van der Waals surface area contributed by atoms with Crippen LogP contribution in [0.2, 0.25) is 0 Å². The highest BCUT2D eigenvalue weighted by molar-refractivity contribution is 8.00. The third-order valence-electron chi connectivity index (χ3n) is 2.13. The monoisotopic (exact) mass is 199 g/mol. The summed E-state index contributed by atoms with van der Waals surface area (Å²) in [5.41, 5.74) is 2.51. The first kappa shape index (κ1) is 9.35. The maximum Gasteiger partial charge on any atom is 0.0151 e. The van der Waals surface area contributed by atoms with E-state index in [4.69, 9.17) is 0 Å². The van der Waals surface area contributed by atoms with Crippen LogP contribution in [0, 0.1) is 6.26 Å². The highest BCUT2D eigenvalue weighted by atomic mass is 32.2. The van der Waals surface area contributed by atoms with E-state index in [2.05, 4.69) is 48.7 Å². The molecule has 0 nitrogen and oxygen atoms in total. The highest BCUT2D eigenvalue weighted by Crippen LogP contribution is 2.30. The zero-order chi connectivity index (χ0) is 9.80. The van der Waals surface area contributed by atoms with Gasteiger partial charge in [-0.05, 0) is 17.2 Å². The Hall–Kier alpha value is -1.21. The van der Waals surface area contributed by atoms with Crippen molar-refractivity contribution >= 4 is 11.8 Å². The summed E-state index contributed by atoms with van der Waals surface area (Å²) in [6, 6.07) is 18.7. The van der Waals surface area contributed by atoms with Crippen molar-refractivity contribution in [3.8, 4) is 11.1 Å². The first-order valence-electron chi connectivity index (χ1n) is 4.48. The highest BCUT2D eigenvalue weighted by Gasteiger charge is 2.01. The maximum absolute atomic E-state index is 3.86. The summed E-state index contributed by atoms with van der Waals surface area (Å²) in [5, 5.41) is 0. The predicted molar refractivity (Wildman–Crippen MR) is 63.1 cm³/mol. The third-order valence-corrected chi connectivity index (χ3v) is 2.79. The minimum Gasteiger partial charge on any atom is -0.125 e. The molecule has 1 heteroatoms. The van der Waals surface area contributed by atoms with Crippen LogP contribution in [0.15, 0.2) is 59.5 Å². The van der Waals surface area contributed by atoms with E-state index in [0.29, 0.717) is 0 Å². The van der Waals surface area contributed by atoms with Gasteiger partial charge >= 0.3 is 0 Å². The molecule has 2 rings (SSSR count). The van der Waals surface area contributed by atoms with Gasteiger partial charge in [0, 0.05) is 11.2 Å². The van der Waals surface area contributed by atoms with Crippen LogP contribution in [0.3, 0.4) is 0 Å². The fourth-order valence-corrected chi connectivity index (χ4v) is 1.96. The van der Waals surface area contributed by atoms with Crippen molar-refractivity contribution in [1.82, 2.24) is 0 Å². The fraction of sp³-hybridized carbons (Fsp3) is 0. The molecule has 69 valence electrons.